The van der Waals surface area contributed by atoms with Crippen LogP contribution in [0.15, 0.2) is 18.2 Å². The van der Waals surface area contributed by atoms with Gasteiger partial charge < -0.3 is 20.7 Å². The lowest BCUT2D eigenvalue weighted by atomic mass is 10.1. The van der Waals surface area contributed by atoms with Crippen LogP contribution in [0.25, 0.3) is 0 Å². The molecule has 0 aliphatic heterocycles. The topological polar surface area (TPSA) is 92.8 Å². The molecule has 0 bridgehead atoms. The summed E-state index contributed by atoms with van der Waals surface area (Å²) >= 11 is 0. The number of carbonyl (C=O) groups excluding carboxylic acids is 1. The summed E-state index contributed by atoms with van der Waals surface area (Å²) in [5.41, 5.74) is 5.61. The van der Waals surface area contributed by atoms with E-state index < -0.39 is 24.1 Å². The molecule has 5 nitrogen and oxygen atoms in total. The van der Waals surface area contributed by atoms with E-state index in [1.165, 1.54) is 6.07 Å². The number of phenols is 2. The van der Waals surface area contributed by atoms with Gasteiger partial charge in [-0.1, -0.05) is 6.07 Å². The van der Waals surface area contributed by atoms with Crippen molar-refractivity contribution in [2.45, 2.75) is 19.3 Å². The molecule has 1 aromatic carbocycles. The third-order valence-corrected chi connectivity index (χ3v) is 1.83. The van der Waals surface area contributed by atoms with Gasteiger partial charge in [-0.3, -0.25) is 4.79 Å². The smallest absolute Gasteiger partial charge is 0.323 e. The average Bonchev–Trinajstić information content (AvgIpc) is 2.32. The SMILES string of the molecule is [2H]C(c1ccc(O)c(O)c1)[C@@]([2H])(N)C(=O)OCC. The van der Waals surface area contributed by atoms with Gasteiger partial charge in [0.25, 0.3) is 0 Å². The third-order valence-electron chi connectivity index (χ3n) is 1.83. The Bertz CT molecular complexity index is 451. The Kier molecular flexibility index (Phi) is 3.18. The fourth-order valence-electron chi connectivity index (χ4n) is 1.08. The molecule has 0 aliphatic rings. The van der Waals surface area contributed by atoms with Crippen LogP contribution in [0.1, 0.15) is 15.2 Å². The van der Waals surface area contributed by atoms with Gasteiger partial charge in [-0.2, -0.15) is 0 Å². The van der Waals surface area contributed by atoms with E-state index in [9.17, 15) is 9.90 Å². The van der Waals surface area contributed by atoms with Crippen LogP contribution in [0.2, 0.25) is 0 Å². The van der Waals surface area contributed by atoms with Crippen molar-refractivity contribution in [3.63, 3.8) is 0 Å². The number of hydrogen-bond acceptors (Lipinski definition) is 5. The molecule has 2 atom stereocenters. The minimum atomic E-state index is -2.28. The van der Waals surface area contributed by atoms with Gasteiger partial charge in [-0.25, -0.2) is 0 Å². The first-order chi connectivity index (χ1) is 8.30. The molecule has 0 amide bonds. The standard InChI is InChI=1S/C11H15NO4/c1-2-16-11(15)8(12)5-7-3-4-9(13)10(14)6-7/h3-4,6,8,13-14H,2,5,12H2,1H3/t8-/m1/s1/i5D,8D/t5?,8-. The van der Waals surface area contributed by atoms with E-state index in [1.54, 1.807) is 6.92 Å². The Morgan fingerprint density at radius 3 is 2.88 bits per heavy atom. The molecule has 0 aliphatic carbocycles. The number of esters is 1. The number of aromatic hydroxyl groups is 2. The minimum Gasteiger partial charge on any atom is -0.504 e. The molecule has 0 saturated heterocycles. The van der Waals surface area contributed by atoms with Gasteiger partial charge in [-0.15, -0.1) is 0 Å². The van der Waals surface area contributed by atoms with Gasteiger partial charge in [0.2, 0.25) is 0 Å². The van der Waals surface area contributed by atoms with E-state index >= 15 is 0 Å². The first-order valence-corrected chi connectivity index (χ1v) is 4.71. The monoisotopic (exact) mass is 227 g/mol. The second-order valence-corrected chi connectivity index (χ2v) is 3.07. The van der Waals surface area contributed by atoms with Gasteiger partial charge in [0.1, 0.15) is 6.02 Å². The summed E-state index contributed by atoms with van der Waals surface area (Å²) in [7, 11) is 0. The second kappa shape index (κ2) is 5.37. The summed E-state index contributed by atoms with van der Waals surface area (Å²) in [6, 6.07) is 1.28. The lowest BCUT2D eigenvalue weighted by Crippen LogP contribution is -2.34. The van der Waals surface area contributed by atoms with Crippen molar-refractivity contribution in [3.8, 4) is 11.5 Å². The van der Waals surface area contributed by atoms with Crippen LogP contribution >= 0.6 is 0 Å². The molecule has 1 unspecified atom stereocenters. The first kappa shape index (κ1) is 9.47. The van der Waals surface area contributed by atoms with E-state index in [2.05, 4.69) is 4.74 Å². The lowest BCUT2D eigenvalue weighted by molar-refractivity contribution is -0.144. The molecule has 0 fully saturated rings. The Labute approximate surface area is 96.3 Å². The summed E-state index contributed by atoms with van der Waals surface area (Å²) in [5.74, 6) is -1.81. The predicted molar refractivity (Wildman–Crippen MR) is 58.1 cm³/mol. The number of phenolic OH excluding ortho intramolecular Hbond substituents is 2. The molecule has 1 aromatic rings. The van der Waals surface area contributed by atoms with Crippen LogP contribution in [-0.2, 0) is 15.9 Å². The summed E-state index contributed by atoms with van der Waals surface area (Å²) in [5, 5.41) is 18.4. The Morgan fingerprint density at radius 1 is 1.62 bits per heavy atom. The van der Waals surface area contributed by atoms with Crippen molar-refractivity contribution in [1.29, 1.82) is 0 Å². The molecule has 4 N–H and O–H groups in total. The maximum atomic E-state index is 11.5. The Hall–Kier alpha value is -1.75. The zero-order valence-corrected chi connectivity index (χ0v) is 8.80. The van der Waals surface area contributed by atoms with Crippen molar-refractivity contribution >= 4 is 5.97 Å². The molecule has 0 heterocycles. The maximum Gasteiger partial charge on any atom is 0.323 e. The Morgan fingerprint density at radius 2 is 2.31 bits per heavy atom. The van der Waals surface area contributed by atoms with E-state index in [0.717, 1.165) is 12.1 Å². The maximum absolute atomic E-state index is 11.5. The largest absolute Gasteiger partial charge is 0.504 e. The molecule has 0 saturated carbocycles. The Balaban J connectivity index is 3.01. The molecule has 16 heavy (non-hydrogen) atoms. The highest BCUT2D eigenvalue weighted by Crippen LogP contribution is 2.25. The molecule has 0 aromatic heterocycles. The van der Waals surface area contributed by atoms with Crippen molar-refractivity contribution in [3.05, 3.63) is 23.8 Å². The normalized spacial score (nSPS) is 17.9. The fourth-order valence-corrected chi connectivity index (χ4v) is 1.08. The van der Waals surface area contributed by atoms with Crippen molar-refractivity contribution in [2.24, 2.45) is 5.73 Å². The fraction of sp³-hybridized carbons (Fsp3) is 0.364. The van der Waals surface area contributed by atoms with Gasteiger partial charge in [0, 0.05) is 1.37 Å². The highest BCUT2D eigenvalue weighted by atomic mass is 16.5. The van der Waals surface area contributed by atoms with E-state index in [-0.39, 0.29) is 17.9 Å². The summed E-state index contributed by atoms with van der Waals surface area (Å²) < 4.78 is 20.1. The number of rotatable bonds is 4. The lowest BCUT2D eigenvalue weighted by Gasteiger charge is -2.10. The quantitative estimate of drug-likeness (QED) is 0.515. The summed E-state index contributed by atoms with van der Waals surface area (Å²) in [6.45, 7) is 1.63. The van der Waals surface area contributed by atoms with E-state index in [1.807, 2.05) is 0 Å². The zero-order valence-electron chi connectivity index (χ0n) is 10.8. The molecule has 0 radical (unpaired) electrons. The molecule has 88 valence electrons. The number of benzene rings is 1. The van der Waals surface area contributed by atoms with Crippen LogP contribution in [0.3, 0.4) is 0 Å². The highest BCUT2D eigenvalue weighted by molar-refractivity contribution is 5.75. The van der Waals surface area contributed by atoms with Crippen LogP contribution < -0.4 is 5.73 Å². The van der Waals surface area contributed by atoms with Crippen LogP contribution in [0.5, 0.6) is 11.5 Å². The highest BCUT2D eigenvalue weighted by Gasteiger charge is 2.15. The first-order valence-electron chi connectivity index (χ1n) is 5.78. The third kappa shape index (κ3) is 3.13. The van der Waals surface area contributed by atoms with Crippen molar-refractivity contribution in [1.82, 2.24) is 0 Å². The second-order valence-electron chi connectivity index (χ2n) is 3.07. The summed E-state index contributed by atoms with van der Waals surface area (Å²) in [6.07, 6.45) is -1.44. The number of carbonyl (C=O) groups is 1. The zero-order chi connectivity index (χ0) is 13.9. The number of nitrogens with two attached hydrogens (primary N) is 1. The molecule has 1 rings (SSSR count). The number of ether oxygens (including phenoxy) is 1. The van der Waals surface area contributed by atoms with Gasteiger partial charge in [-0.05, 0) is 31.0 Å². The van der Waals surface area contributed by atoms with E-state index in [0.29, 0.717) is 0 Å². The van der Waals surface area contributed by atoms with Gasteiger partial charge in [0.15, 0.2) is 11.5 Å². The molecule has 0 spiro atoms. The number of hydrogen-bond donors (Lipinski definition) is 3. The van der Waals surface area contributed by atoms with E-state index in [4.69, 9.17) is 13.6 Å². The van der Waals surface area contributed by atoms with Crippen molar-refractivity contribution < 1.29 is 22.5 Å². The molecular weight excluding hydrogens is 210 g/mol. The molecular formula is C11H15NO4. The van der Waals surface area contributed by atoms with Crippen LogP contribution in [-0.4, -0.2) is 28.8 Å². The molecule has 5 heteroatoms. The van der Waals surface area contributed by atoms with Crippen LogP contribution in [0.4, 0.5) is 0 Å². The van der Waals surface area contributed by atoms with Crippen LogP contribution in [0, 0.1) is 0 Å². The summed E-state index contributed by atoms with van der Waals surface area (Å²) in [4.78, 5) is 11.5. The predicted octanol–water partition coefficient (Wildman–Crippen LogP) is 0.531. The van der Waals surface area contributed by atoms with Gasteiger partial charge >= 0.3 is 5.97 Å². The van der Waals surface area contributed by atoms with Gasteiger partial charge in [0.05, 0.1) is 7.98 Å². The average molecular weight is 227 g/mol. The minimum absolute atomic E-state index is 0.0597. The van der Waals surface area contributed by atoms with Crippen molar-refractivity contribution in [2.75, 3.05) is 6.61 Å².